The highest BCUT2D eigenvalue weighted by atomic mass is 16.1. The third-order valence-electron chi connectivity index (χ3n) is 4.86. The van der Waals surface area contributed by atoms with Crippen molar-refractivity contribution in [3.63, 3.8) is 0 Å². The number of anilines is 1. The van der Waals surface area contributed by atoms with E-state index in [9.17, 15) is 4.79 Å². The highest BCUT2D eigenvalue weighted by Crippen LogP contribution is 2.54. The summed E-state index contributed by atoms with van der Waals surface area (Å²) in [5.74, 6) is 1.07. The molecule has 0 spiro atoms. The number of amides is 1. The van der Waals surface area contributed by atoms with E-state index in [1.165, 1.54) is 28.7 Å². The largest absolute Gasteiger partial charge is 0.318 e. The SMILES string of the molecule is CN(C=O)c1cccc2c1C1Cc3ccccc3C2C1. The average molecular weight is 263 g/mol. The minimum atomic E-state index is 0.514. The van der Waals surface area contributed by atoms with Gasteiger partial charge in [-0.3, -0.25) is 4.79 Å². The van der Waals surface area contributed by atoms with Crippen molar-refractivity contribution in [2.45, 2.75) is 24.7 Å². The van der Waals surface area contributed by atoms with Gasteiger partial charge in [0.25, 0.3) is 0 Å². The smallest absolute Gasteiger partial charge is 0.213 e. The van der Waals surface area contributed by atoms with E-state index >= 15 is 0 Å². The molecular formula is C18H17NO. The van der Waals surface area contributed by atoms with Crippen molar-refractivity contribution in [2.75, 3.05) is 11.9 Å². The number of benzene rings is 2. The molecule has 2 nitrogen and oxygen atoms in total. The van der Waals surface area contributed by atoms with Crippen molar-refractivity contribution >= 4 is 12.1 Å². The topological polar surface area (TPSA) is 20.3 Å². The molecule has 2 aromatic rings. The third kappa shape index (κ3) is 1.48. The number of fused-ring (bicyclic) bond motifs is 7. The number of hydrogen-bond acceptors (Lipinski definition) is 1. The van der Waals surface area contributed by atoms with Gasteiger partial charge >= 0.3 is 0 Å². The van der Waals surface area contributed by atoms with Crippen molar-refractivity contribution in [1.82, 2.24) is 0 Å². The van der Waals surface area contributed by atoms with E-state index in [4.69, 9.17) is 0 Å². The molecule has 100 valence electrons. The van der Waals surface area contributed by atoms with Gasteiger partial charge in [-0.1, -0.05) is 36.4 Å². The van der Waals surface area contributed by atoms with Gasteiger partial charge in [-0.2, -0.15) is 0 Å². The Morgan fingerprint density at radius 2 is 1.90 bits per heavy atom. The van der Waals surface area contributed by atoms with Crippen LogP contribution in [0.15, 0.2) is 42.5 Å². The number of rotatable bonds is 2. The van der Waals surface area contributed by atoms with Gasteiger partial charge in [0.05, 0.1) is 0 Å². The van der Waals surface area contributed by atoms with Crippen LogP contribution in [0.3, 0.4) is 0 Å². The highest BCUT2D eigenvalue weighted by molar-refractivity contribution is 5.78. The molecular weight excluding hydrogens is 246 g/mol. The van der Waals surface area contributed by atoms with Crippen molar-refractivity contribution < 1.29 is 4.79 Å². The van der Waals surface area contributed by atoms with E-state index in [1.807, 2.05) is 7.05 Å². The normalized spacial score (nSPS) is 22.1. The Hall–Kier alpha value is -2.09. The van der Waals surface area contributed by atoms with Gasteiger partial charge < -0.3 is 4.90 Å². The van der Waals surface area contributed by atoms with Crippen LogP contribution in [0.4, 0.5) is 5.69 Å². The molecule has 0 N–H and O–H groups in total. The fourth-order valence-electron chi connectivity index (χ4n) is 4.02. The molecule has 2 heteroatoms. The van der Waals surface area contributed by atoms with Crippen molar-refractivity contribution in [3.05, 3.63) is 64.7 Å². The van der Waals surface area contributed by atoms with E-state index in [0.29, 0.717) is 11.8 Å². The quantitative estimate of drug-likeness (QED) is 0.760. The van der Waals surface area contributed by atoms with Crippen LogP contribution in [0.25, 0.3) is 0 Å². The number of carbonyl (C=O) groups is 1. The maximum Gasteiger partial charge on any atom is 0.213 e. The molecule has 20 heavy (non-hydrogen) atoms. The van der Waals surface area contributed by atoms with Crippen molar-refractivity contribution in [1.29, 1.82) is 0 Å². The Morgan fingerprint density at radius 1 is 1.10 bits per heavy atom. The Balaban J connectivity index is 1.92. The summed E-state index contributed by atoms with van der Waals surface area (Å²) in [6.45, 7) is 0. The minimum Gasteiger partial charge on any atom is -0.318 e. The van der Waals surface area contributed by atoms with Gasteiger partial charge in [0, 0.05) is 18.7 Å². The zero-order chi connectivity index (χ0) is 13.7. The Morgan fingerprint density at radius 3 is 2.75 bits per heavy atom. The van der Waals surface area contributed by atoms with E-state index in [1.54, 1.807) is 4.90 Å². The molecule has 0 radical (unpaired) electrons. The van der Waals surface area contributed by atoms with Gasteiger partial charge in [0.2, 0.25) is 6.41 Å². The predicted molar refractivity (Wildman–Crippen MR) is 80.3 cm³/mol. The first-order valence-corrected chi connectivity index (χ1v) is 7.18. The first kappa shape index (κ1) is 11.7. The summed E-state index contributed by atoms with van der Waals surface area (Å²) >= 11 is 0. The molecule has 0 fully saturated rings. The summed E-state index contributed by atoms with van der Waals surface area (Å²) < 4.78 is 0. The summed E-state index contributed by atoms with van der Waals surface area (Å²) in [6.07, 6.45) is 3.20. The lowest BCUT2D eigenvalue weighted by Crippen LogP contribution is -2.17. The van der Waals surface area contributed by atoms with Crippen molar-refractivity contribution in [3.8, 4) is 0 Å². The lowest BCUT2D eigenvalue weighted by molar-refractivity contribution is -0.107. The second-order valence-corrected chi connectivity index (χ2v) is 5.88. The number of nitrogens with zero attached hydrogens (tertiary/aromatic N) is 1. The summed E-state index contributed by atoms with van der Waals surface area (Å²) in [7, 11) is 1.85. The average Bonchev–Trinajstić information content (AvgIpc) is 2.81. The van der Waals surface area contributed by atoms with Gasteiger partial charge in [0.1, 0.15) is 0 Å². The molecule has 2 bridgehead atoms. The molecule has 2 atom stereocenters. The second kappa shape index (κ2) is 4.20. The Bertz CT molecular complexity index is 692. The van der Waals surface area contributed by atoms with Gasteiger partial charge in [-0.05, 0) is 47.1 Å². The van der Waals surface area contributed by atoms with E-state index in [-0.39, 0.29) is 0 Å². The van der Waals surface area contributed by atoms with E-state index in [0.717, 1.165) is 18.5 Å². The summed E-state index contributed by atoms with van der Waals surface area (Å²) in [5, 5.41) is 0. The van der Waals surface area contributed by atoms with Gasteiger partial charge in [-0.15, -0.1) is 0 Å². The van der Waals surface area contributed by atoms with Gasteiger partial charge in [-0.25, -0.2) is 0 Å². The fourth-order valence-corrected chi connectivity index (χ4v) is 4.02. The maximum atomic E-state index is 11.1. The maximum absolute atomic E-state index is 11.1. The van der Waals surface area contributed by atoms with E-state index < -0.39 is 0 Å². The fraction of sp³-hybridized carbons (Fsp3) is 0.278. The predicted octanol–water partition coefficient (Wildman–Crippen LogP) is 3.45. The highest BCUT2D eigenvalue weighted by Gasteiger charge is 2.39. The molecule has 0 saturated heterocycles. The van der Waals surface area contributed by atoms with E-state index in [2.05, 4.69) is 42.5 Å². The lowest BCUT2D eigenvalue weighted by Gasteiger charge is -2.23. The molecule has 2 aliphatic rings. The second-order valence-electron chi connectivity index (χ2n) is 5.88. The Kier molecular flexibility index (Phi) is 2.46. The van der Waals surface area contributed by atoms with Crippen LogP contribution in [0, 0.1) is 0 Å². The molecule has 2 unspecified atom stereocenters. The molecule has 2 aromatic carbocycles. The monoisotopic (exact) mass is 263 g/mol. The third-order valence-corrected chi connectivity index (χ3v) is 4.86. The summed E-state index contributed by atoms with van der Waals surface area (Å²) in [5.41, 5.74) is 6.85. The minimum absolute atomic E-state index is 0.514. The van der Waals surface area contributed by atoms with Crippen LogP contribution in [0.1, 0.15) is 40.5 Å². The van der Waals surface area contributed by atoms with Crippen LogP contribution < -0.4 is 4.90 Å². The number of hydrogen-bond donors (Lipinski definition) is 0. The molecule has 0 aliphatic heterocycles. The van der Waals surface area contributed by atoms with Crippen LogP contribution >= 0.6 is 0 Å². The molecule has 0 heterocycles. The summed E-state index contributed by atoms with van der Waals surface area (Å²) in [4.78, 5) is 12.9. The lowest BCUT2D eigenvalue weighted by atomic mass is 9.81. The van der Waals surface area contributed by atoms with Gasteiger partial charge in [0.15, 0.2) is 0 Å². The molecule has 1 amide bonds. The first-order chi connectivity index (χ1) is 9.79. The molecule has 4 rings (SSSR count). The van der Waals surface area contributed by atoms with Crippen LogP contribution in [0.2, 0.25) is 0 Å². The molecule has 0 aromatic heterocycles. The molecule has 2 aliphatic carbocycles. The summed E-state index contributed by atoms with van der Waals surface area (Å²) in [6, 6.07) is 15.2. The zero-order valence-electron chi connectivity index (χ0n) is 11.5. The zero-order valence-corrected chi connectivity index (χ0v) is 11.5. The first-order valence-electron chi connectivity index (χ1n) is 7.18. The molecule has 0 saturated carbocycles. The number of carbonyl (C=O) groups excluding carboxylic acids is 1. The Labute approximate surface area is 119 Å². The van der Waals surface area contributed by atoms with Crippen LogP contribution in [-0.4, -0.2) is 13.5 Å². The standard InChI is InChI=1S/C18H17NO/c1-19(11-20)17-8-4-7-15-16-10-13(18(15)17)9-12-5-2-3-6-14(12)16/h2-8,11,13,16H,9-10H2,1H3. The van der Waals surface area contributed by atoms with Crippen LogP contribution in [-0.2, 0) is 11.2 Å². The van der Waals surface area contributed by atoms with Crippen molar-refractivity contribution in [2.24, 2.45) is 0 Å². The van der Waals surface area contributed by atoms with Crippen LogP contribution in [0.5, 0.6) is 0 Å².